The fourth-order valence-corrected chi connectivity index (χ4v) is 3.61. The molecule has 0 amide bonds. The number of ether oxygens (including phenoxy) is 1. The Hall–Kier alpha value is -2.80. The average molecular weight is 459 g/mol. The van der Waals surface area contributed by atoms with Crippen molar-refractivity contribution in [1.29, 1.82) is 0 Å². The summed E-state index contributed by atoms with van der Waals surface area (Å²) in [6.45, 7) is 1.93. The van der Waals surface area contributed by atoms with Gasteiger partial charge < -0.3 is 25.2 Å². The van der Waals surface area contributed by atoms with Crippen LogP contribution in [0.2, 0.25) is 0 Å². The molecule has 178 valence electrons. The van der Waals surface area contributed by atoms with Gasteiger partial charge in [0.05, 0.1) is 29.7 Å². The first kappa shape index (κ1) is 24.8. The molecule has 0 saturated carbocycles. The fourth-order valence-electron chi connectivity index (χ4n) is 3.61. The maximum Gasteiger partial charge on any atom is 0.157 e. The molecule has 1 aliphatic rings. The molecule has 4 N–H and O–H groups in total. The van der Waals surface area contributed by atoms with Gasteiger partial charge in [-0.2, -0.15) is 0 Å². The van der Waals surface area contributed by atoms with Crippen molar-refractivity contribution in [3.63, 3.8) is 0 Å². The lowest BCUT2D eigenvalue weighted by Gasteiger charge is -2.34. The number of pyridine rings is 2. The molecule has 0 radical (unpaired) electrons. The van der Waals surface area contributed by atoms with E-state index >= 15 is 0 Å². The van der Waals surface area contributed by atoms with E-state index < -0.39 is 24.6 Å². The topological polar surface area (TPSA) is 150 Å². The lowest BCUT2D eigenvalue weighted by atomic mass is 10.0. The summed E-state index contributed by atoms with van der Waals surface area (Å²) in [7, 11) is 1.00. The molecule has 0 spiro atoms. The molecular formula is C22H30N6O5. The SMILES string of the molecule is CO.OC1CC(O)C(O)C(Cn2cc(CN(Cc3ccccn3)Cc3ccccn3)nn2)O1. The molecule has 33 heavy (non-hydrogen) atoms. The number of nitrogens with zero attached hydrogens (tertiary/aromatic N) is 6. The van der Waals surface area contributed by atoms with Crippen molar-refractivity contribution >= 4 is 0 Å². The zero-order valence-corrected chi connectivity index (χ0v) is 18.4. The van der Waals surface area contributed by atoms with E-state index in [1.54, 1.807) is 23.3 Å². The maximum atomic E-state index is 10.1. The zero-order chi connectivity index (χ0) is 23.6. The van der Waals surface area contributed by atoms with Crippen molar-refractivity contribution in [1.82, 2.24) is 29.9 Å². The van der Waals surface area contributed by atoms with Gasteiger partial charge in [-0.3, -0.25) is 14.9 Å². The van der Waals surface area contributed by atoms with E-state index in [0.717, 1.165) is 24.2 Å². The van der Waals surface area contributed by atoms with Crippen molar-refractivity contribution in [3.8, 4) is 0 Å². The predicted octanol–water partition coefficient (Wildman–Crippen LogP) is -0.292. The second-order valence-corrected chi connectivity index (χ2v) is 7.64. The Bertz CT molecular complexity index is 903. The Labute approximate surface area is 191 Å². The number of aliphatic hydroxyl groups excluding tert-OH is 4. The van der Waals surface area contributed by atoms with Gasteiger partial charge in [0.1, 0.15) is 12.2 Å². The number of hydrogen-bond acceptors (Lipinski definition) is 10. The Balaban J connectivity index is 0.00000149. The first-order chi connectivity index (χ1) is 16.1. The molecule has 4 heterocycles. The molecule has 4 unspecified atom stereocenters. The quantitative estimate of drug-likeness (QED) is 0.354. The van der Waals surface area contributed by atoms with Gasteiger partial charge in [0, 0.05) is 51.8 Å². The van der Waals surface area contributed by atoms with Gasteiger partial charge in [-0.15, -0.1) is 5.10 Å². The van der Waals surface area contributed by atoms with E-state index in [1.165, 1.54) is 0 Å². The lowest BCUT2D eigenvalue weighted by molar-refractivity contribution is -0.235. The minimum Gasteiger partial charge on any atom is -0.400 e. The van der Waals surface area contributed by atoms with Crippen LogP contribution in [0.1, 0.15) is 23.5 Å². The normalized spacial score (nSPS) is 22.6. The average Bonchev–Trinajstić information content (AvgIpc) is 3.26. The minimum atomic E-state index is -1.11. The highest BCUT2D eigenvalue weighted by Gasteiger charge is 2.36. The smallest absolute Gasteiger partial charge is 0.157 e. The van der Waals surface area contributed by atoms with Crippen LogP contribution in [0.5, 0.6) is 0 Å². The Morgan fingerprint density at radius 1 is 0.939 bits per heavy atom. The lowest BCUT2D eigenvalue weighted by Crippen LogP contribution is -2.49. The molecule has 0 bridgehead atoms. The van der Waals surface area contributed by atoms with Crippen molar-refractivity contribution in [2.75, 3.05) is 7.11 Å². The maximum absolute atomic E-state index is 10.1. The van der Waals surface area contributed by atoms with Gasteiger partial charge >= 0.3 is 0 Å². The summed E-state index contributed by atoms with van der Waals surface area (Å²) in [5.74, 6) is 0. The first-order valence-corrected chi connectivity index (χ1v) is 10.6. The molecule has 0 aliphatic carbocycles. The first-order valence-electron chi connectivity index (χ1n) is 10.6. The molecule has 4 rings (SSSR count). The third kappa shape index (κ3) is 7.35. The van der Waals surface area contributed by atoms with Gasteiger partial charge in [-0.05, 0) is 24.3 Å². The summed E-state index contributed by atoms with van der Waals surface area (Å²) >= 11 is 0. The van der Waals surface area contributed by atoms with E-state index in [9.17, 15) is 15.3 Å². The standard InChI is InChI=1S/C21H26N6O4.CH4O/c28-18-9-20(29)31-19(21(18)30)14-27-13-17(24-25-27)12-26(10-15-5-1-3-7-22-15)11-16-6-2-4-8-23-16;1-2/h1-8,13,18-21,28-30H,9-12,14H2;2H,1H3. The summed E-state index contributed by atoms with van der Waals surface area (Å²) in [4.78, 5) is 11.0. The van der Waals surface area contributed by atoms with Crippen molar-refractivity contribution < 1.29 is 25.2 Å². The highest BCUT2D eigenvalue weighted by Crippen LogP contribution is 2.20. The summed E-state index contributed by atoms with van der Waals surface area (Å²) < 4.78 is 6.90. The van der Waals surface area contributed by atoms with E-state index in [2.05, 4.69) is 25.2 Å². The van der Waals surface area contributed by atoms with Crippen molar-refractivity contribution in [2.24, 2.45) is 0 Å². The number of hydrogen-bond donors (Lipinski definition) is 4. The van der Waals surface area contributed by atoms with Crippen LogP contribution in [0.25, 0.3) is 0 Å². The molecule has 3 aromatic heterocycles. The molecular weight excluding hydrogens is 428 g/mol. The monoisotopic (exact) mass is 458 g/mol. The fraction of sp³-hybridized carbons (Fsp3) is 0.455. The summed E-state index contributed by atoms with van der Waals surface area (Å²) in [6, 6.07) is 11.6. The molecule has 1 saturated heterocycles. The molecule has 1 aliphatic heterocycles. The Morgan fingerprint density at radius 2 is 1.55 bits per heavy atom. The Morgan fingerprint density at radius 3 is 2.12 bits per heavy atom. The predicted molar refractivity (Wildman–Crippen MR) is 117 cm³/mol. The van der Waals surface area contributed by atoms with Gasteiger partial charge in [0.25, 0.3) is 0 Å². The minimum absolute atomic E-state index is 0.0176. The number of rotatable bonds is 8. The van der Waals surface area contributed by atoms with E-state index in [0.29, 0.717) is 19.6 Å². The van der Waals surface area contributed by atoms with Gasteiger partial charge in [-0.25, -0.2) is 4.68 Å². The molecule has 4 atom stereocenters. The largest absolute Gasteiger partial charge is 0.400 e. The van der Waals surface area contributed by atoms with Crippen LogP contribution in [-0.2, 0) is 30.9 Å². The van der Waals surface area contributed by atoms with Crippen LogP contribution >= 0.6 is 0 Å². The van der Waals surface area contributed by atoms with Crippen LogP contribution in [0, 0.1) is 0 Å². The van der Waals surface area contributed by atoms with Crippen LogP contribution < -0.4 is 0 Å². The van der Waals surface area contributed by atoms with E-state index in [-0.39, 0.29) is 13.0 Å². The molecule has 11 nitrogen and oxygen atoms in total. The highest BCUT2D eigenvalue weighted by molar-refractivity contribution is 5.07. The van der Waals surface area contributed by atoms with Gasteiger partial charge in [-0.1, -0.05) is 17.3 Å². The number of aliphatic hydroxyl groups is 4. The molecule has 11 heteroatoms. The van der Waals surface area contributed by atoms with E-state index in [1.807, 2.05) is 36.4 Å². The van der Waals surface area contributed by atoms with Crippen LogP contribution in [-0.4, -0.2) is 82.0 Å². The third-order valence-electron chi connectivity index (χ3n) is 5.11. The molecule has 1 fully saturated rings. The Kier molecular flexibility index (Phi) is 9.36. The second kappa shape index (κ2) is 12.4. The molecule has 0 aromatic carbocycles. The van der Waals surface area contributed by atoms with Gasteiger partial charge in [0.2, 0.25) is 0 Å². The molecule has 3 aromatic rings. The van der Waals surface area contributed by atoms with E-state index in [4.69, 9.17) is 9.84 Å². The van der Waals surface area contributed by atoms with Crippen LogP contribution in [0.3, 0.4) is 0 Å². The van der Waals surface area contributed by atoms with Crippen LogP contribution in [0.4, 0.5) is 0 Å². The third-order valence-corrected chi connectivity index (χ3v) is 5.11. The second-order valence-electron chi connectivity index (χ2n) is 7.64. The number of aromatic nitrogens is 5. The van der Waals surface area contributed by atoms with Crippen LogP contribution in [0.15, 0.2) is 55.0 Å². The summed E-state index contributed by atoms with van der Waals surface area (Å²) in [6.07, 6.45) is 1.27. The summed E-state index contributed by atoms with van der Waals surface area (Å²) in [5.41, 5.74) is 2.61. The zero-order valence-electron chi connectivity index (χ0n) is 18.4. The highest BCUT2D eigenvalue weighted by atomic mass is 16.6. The van der Waals surface area contributed by atoms with Crippen molar-refractivity contribution in [3.05, 3.63) is 72.1 Å². The van der Waals surface area contributed by atoms with Crippen molar-refractivity contribution in [2.45, 2.75) is 57.2 Å². The van der Waals surface area contributed by atoms with Gasteiger partial charge in [0.15, 0.2) is 6.29 Å². The summed E-state index contributed by atoms with van der Waals surface area (Å²) in [5, 5.41) is 45.0.